The van der Waals surface area contributed by atoms with Crippen LogP contribution in [0, 0.1) is 6.92 Å². The van der Waals surface area contributed by atoms with E-state index in [0.717, 1.165) is 5.56 Å². The van der Waals surface area contributed by atoms with Crippen molar-refractivity contribution in [3.05, 3.63) is 38.9 Å². The van der Waals surface area contributed by atoms with Gasteiger partial charge in [-0.25, -0.2) is 4.98 Å². The molecule has 15 heavy (non-hydrogen) atoms. The second kappa shape index (κ2) is 3.64. The van der Waals surface area contributed by atoms with E-state index >= 15 is 0 Å². The lowest BCUT2D eigenvalue weighted by molar-refractivity contribution is 1.05. The molecule has 0 spiro atoms. The second-order valence-electron chi connectivity index (χ2n) is 3.32. The van der Waals surface area contributed by atoms with Crippen LogP contribution in [-0.4, -0.2) is 9.97 Å². The zero-order chi connectivity index (χ0) is 11.0. The number of nitrogens with two attached hydrogens (primary N) is 1. The topological polar surface area (TPSA) is 71.8 Å². The molecular weight excluding hydrogens is 214 g/mol. The average Bonchev–Trinajstić information content (AvgIpc) is 2.16. The number of aromatic nitrogens is 2. The first-order valence-electron chi connectivity index (χ1n) is 4.51. The lowest BCUT2D eigenvalue weighted by Gasteiger charge is -2.03. The van der Waals surface area contributed by atoms with Crippen LogP contribution in [0.15, 0.2) is 16.9 Å². The van der Waals surface area contributed by atoms with Gasteiger partial charge in [-0.15, -0.1) is 0 Å². The fourth-order valence-electron chi connectivity index (χ4n) is 1.48. The molecule has 0 radical (unpaired) electrons. The smallest absolute Gasteiger partial charge is 0.258 e. The zero-order valence-electron chi connectivity index (χ0n) is 8.17. The molecule has 0 saturated carbocycles. The van der Waals surface area contributed by atoms with Crippen LogP contribution in [0.5, 0.6) is 0 Å². The minimum absolute atomic E-state index is 0.163. The summed E-state index contributed by atoms with van der Waals surface area (Å²) in [7, 11) is 0. The molecular formula is C10H10ClN3O. The van der Waals surface area contributed by atoms with Gasteiger partial charge in [-0.05, 0) is 24.6 Å². The maximum absolute atomic E-state index is 11.6. The van der Waals surface area contributed by atoms with Gasteiger partial charge in [0, 0.05) is 11.6 Å². The molecule has 1 aromatic carbocycles. The number of aryl methyl sites for hydroxylation is 1. The normalized spacial score (nSPS) is 10.9. The summed E-state index contributed by atoms with van der Waals surface area (Å²) in [6.45, 7) is 2.04. The number of rotatable bonds is 1. The monoisotopic (exact) mass is 223 g/mol. The van der Waals surface area contributed by atoms with Crippen molar-refractivity contribution in [2.24, 2.45) is 5.73 Å². The van der Waals surface area contributed by atoms with Gasteiger partial charge in [0.1, 0.15) is 5.82 Å². The van der Waals surface area contributed by atoms with E-state index in [1.165, 1.54) is 0 Å². The number of aromatic amines is 1. The molecule has 0 fully saturated rings. The molecule has 0 atom stereocenters. The average molecular weight is 224 g/mol. The Morgan fingerprint density at radius 2 is 2.27 bits per heavy atom. The third-order valence-corrected chi connectivity index (χ3v) is 2.56. The number of nitrogens with one attached hydrogen (secondary N) is 1. The van der Waals surface area contributed by atoms with E-state index in [9.17, 15) is 4.79 Å². The molecule has 5 heteroatoms. The molecule has 1 heterocycles. The predicted molar refractivity (Wildman–Crippen MR) is 60.0 cm³/mol. The summed E-state index contributed by atoms with van der Waals surface area (Å²) >= 11 is 5.98. The maximum Gasteiger partial charge on any atom is 0.258 e. The molecule has 4 nitrogen and oxygen atoms in total. The number of H-pyrrole nitrogens is 1. The van der Waals surface area contributed by atoms with Crippen molar-refractivity contribution < 1.29 is 0 Å². The van der Waals surface area contributed by atoms with Crippen LogP contribution < -0.4 is 11.3 Å². The van der Waals surface area contributed by atoms with E-state index in [0.29, 0.717) is 28.3 Å². The lowest BCUT2D eigenvalue weighted by Crippen LogP contribution is -2.10. The van der Waals surface area contributed by atoms with E-state index in [-0.39, 0.29) is 5.56 Å². The molecule has 78 valence electrons. The van der Waals surface area contributed by atoms with E-state index in [2.05, 4.69) is 9.97 Å². The van der Waals surface area contributed by atoms with Gasteiger partial charge in [-0.2, -0.15) is 0 Å². The Morgan fingerprint density at radius 1 is 1.53 bits per heavy atom. The Kier molecular flexibility index (Phi) is 2.46. The number of benzene rings is 1. The highest BCUT2D eigenvalue weighted by molar-refractivity contribution is 6.32. The highest BCUT2D eigenvalue weighted by Crippen LogP contribution is 2.20. The van der Waals surface area contributed by atoms with Crippen molar-refractivity contribution in [3.8, 4) is 0 Å². The van der Waals surface area contributed by atoms with Gasteiger partial charge in [0.2, 0.25) is 0 Å². The molecule has 0 aliphatic carbocycles. The summed E-state index contributed by atoms with van der Waals surface area (Å²) in [6.07, 6.45) is 0. The molecule has 0 amide bonds. The molecule has 2 aromatic rings. The Bertz CT molecular complexity index is 577. The zero-order valence-corrected chi connectivity index (χ0v) is 8.93. The van der Waals surface area contributed by atoms with Crippen molar-refractivity contribution >= 4 is 22.5 Å². The molecule has 0 bridgehead atoms. The summed E-state index contributed by atoms with van der Waals surface area (Å²) in [5, 5.41) is 1.06. The van der Waals surface area contributed by atoms with Crippen molar-refractivity contribution in [2.45, 2.75) is 13.5 Å². The van der Waals surface area contributed by atoms with Crippen LogP contribution >= 0.6 is 11.6 Å². The summed E-state index contributed by atoms with van der Waals surface area (Å²) in [5.74, 6) is 0.573. The summed E-state index contributed by atoms with van der Waals surface area (Å²) in [5.41, 5.74) is 6.69. The maximum atomic E-state index is 11.6. The van der Waals surface area contributed by atoms with Crippen LogP contribution in [0.2, 0.25) is 5.02 Å². The largest absolute Gasteiger partial charge is 0.326 e. The Labute approximate surface area is 91.1 Å². The quantitative estimate of drug-likeness (QED) is 0.767. The van der Waals surface area contributed by atoms with Gasteiger partial charge >= 0.3 is 0 Å². The number of hydrogen-bond donors (Lipinski definition) is 2. The third-order valence-electron chi connectivity index (χ3n) is 2.21. The van der Waals surface area contributed by atoms with E-state index in [4.69, 9.17) is 17.3 Å². The Balaban J connectivity index is 2.87. The SMILES string of the molecule is Cc1nc2cc(Cl)c(CN)cc2c(=O)[nH]1. The molecule has 1 aromatic heterocycles. The van der Waals surface area contributed by atoms with E-state index in [1.54, 1.807) is 19.1 Å². The van der Waals surface area contributed by atoms with Crippen molar-refractivity contribution in [3.63, 3.8) is 0 Å². The lowest BCUT2D eigenvalue weighted by atomic mass is 10.1. The van der Waals surface area contributed by atoms with Crippen molar-refractivity contribution in [2.75, 3.05) is 0 Å². The number of fused-ring (bicyclic) bond motifs is 1. The Morgan fingerprint density at radius 3 is 2.93 bits per heavy atom. The first-order chi connectivity index (χ1) is 7.11. The molecule has 0 saturated heterocycles. The molecule has 0 aliphatic heterocycles. The van der Waals surface area contributed by atoms with Gasteiger partial charge in [0.25, 0.3) is 5.56 Å². The molecule has 0 aliphatic rings. The molecule has 2 rings (SSSR count). The fourth-order valence-corrected chi connectivity index (χ4v) is 1.71. The summed E-state index contributed by atoms with van der Waals surface area (Å²) < 4.78 is 0. The highest BCUT2D eigenvalue weighted by Gasteiger charge is 2.06. The summed E-state index contributed by atoms with van der Waals surface area (Å²) in [6, 6.07) is 3.35. The van der Waals surface area contributed by atoms with Crippen LogP contribution in [0.4, 0.5) is 0 Å². The second-order valence-corrected chi connectivity index (χ2v) is 3.72. The fraction of sp³-hybridized carbons (Fsp3) is 0.200. The minimum atomic E-state index is -0.163. The molecule has 3 N–H and O–H groups in total. The van der Waals surface area contributed by atoms with Crippen LogP contribution in [-0.2, 0) is 6.54 Å². The highest BCUT2D eigenvalue weighted by atomic mass is 35.5. The minimum Gasteiger partial charge on any atom is -0.326 e. The van der Waals surface area contributed by atoms with Crippen LogP contribution in [0.1, 0.15) is 11.4 Å². The summed E-state index contributed by atoms with van der Waals surface area (Å²) in [4.78, 5) is 18.4. The predicted octanol–water partition coefficient (Wildman–Crippen LogP) is 1.34. The number of nitrogens with zero attached hydrogens (tertiary/aromatic N) is 1. The van der Waals surface area contributed by atoms with Gasteiger partial charge < -0.3 is 10.7 Å². The first kappa shape index (κ1) is 10.1. The number of halogens is 1. The van der Waals surface area contributed by atoms with E-state index < -0.39 is 0 Å². The molecule has 0 unspecified atom stereocenters. The van der Waals surface area contributed by atoms with Gasteiger partial charge in [0.15, 0.2) is 0 Å². The van der Waals surface area contributed by atoms with Gasteiger partial charge in [-0.3, -0.25) is 4.79 Å². The first-order valence-corrected chi connectivity index (χ1v) is 4.88. The number of hydrogen-bond acceptors (Lipinski definition) is 3. The van der Waals surface area contributed by atoms with Crippen LogP contribution in [0.3, 0.4) is 0 Å². The standard InChI is InChI=1S/C10H10ClN3O/c1-5-13-9-3-8(11)6(4-12)2-7(9)10(15)14-5/h2-3H,4,12H2,1H3,(H,13,14,15). The van der Waals surface area contributed by atoms with E-state index in [1.807, 2.05) is 0 Å². The Hall–Kier alpha value is -1.39. The van der Waals surface area contributed by atoms with Crippen LogP contribution in [0.25, 0.3) is 10.9 Å². The van der Waals surface area contributed by atoms with Gasteiger partial charge in [-0.1, -0.05) is 11.6 Å². The third kappa shape index (κ3) is 1.73. The van der Waals surface area contributed by atoms with Gasteiger partial charge in [0.05, 0.1) is 10.9 Å². The van der Waals surface area contributed by atoms with Crippen molar-refractivity contribution in [1.29, 1.82) is 0 Å². The van der Waals surface area contributed by atoms with Crippen molar-refractivity contribution in [1.82, 2.24) is 9.97 Å².